The molecule has 2 rings (SSSR count). The van der Waals surface area contributed by atoms with Crippen molar-refractivity contribution in [1.29, 1.82) is 0 Å². The minimum Gasteiger partial charge on any atom is -0.323 e. The second kappa shape index (κ2) is 3.15. The highest BCUT2D eigenvalue weighted by Crippen LogP contribution is 2.30. The highest BCUT2D eigenvalue weighted by Gasteiger charge is 2.20. The van der Waals surface area contributed by atoms with Gasteiger partial charge in [-0.2, -0.15) is 0 Å². The lowest BCUT2D eigenvalue weighted by Gasteiger charge is -2.18. The fourth-order valence-corrected chi connectivity index (χ4v) is 2.22. The Hall–Kier alpha value is -0.410. The van der Waals surface area contributed by atoms with Crippen LogP contribution >= 0.6 is 23.4 Å². The molecule has 0 saturated heterocycles. The molecule has 0 atom stereocenters. The van der Waals surface area contributed by atoms with E-state index in [0.717, 1.165) is 17.4 Å². The van der Waals surface area contributed by atoms with E-state index in [1.807, 2.05) is 0 Å². The van der Waals surface area contributed by atoms with Gasteiger partial charge in [0.1, 0.15) is 0 Å². The number of nitrogens with zero attached hydrogens (tertiary/aromatic N) is 2. The van der Waals surface area contributed by atoms with Crippen molar-refractivity contribution in [3.05, 3.63) is 22.9 Å². The summed E-state index contributed by atoms with van der Waals surface area (Å²) in [5.74, 6) is 0.511. The predicted molar refractivity (Wildman–Crippen MR) is 54.3 cm³/mol. The smallest absolute Gasteiger partial charge is 0.173 e. The number of aliphatic imine (C=N–C) groups is 1. The third-order valence-electron chi connectivity index (χ3n) is 1.74. The lowest BCUT2D eigenvalue weighted by molar-refractivity contribution is 0.624. The molecule has 0 bridgehead atoms. The highest BCUT2D eigenvalue weighted by molar-refractivity contribution is 8.17. The molecule has 0 aliphatic carbocycles. The largest absolute Gasteiger partial charge is 0.323 e. The number of hydrogen-bond acceptors (Lipinski definition) is 3. The van der Waals surface area contributed by atoms with E-state index in [9.17, 15) is 0 Å². The van der Waals surface area contributed by atoms with E-state index in [2.05, 4.69) is 29.1 Å². The van der Waals surface area contributed by atoms with Crippen molar-refractivity contribution in [3.63, 3.8) is 0 Å². The van der Waals surface area contributed by atoms with Gasteiger partial charge in [-0.05, 0) is 13.0 Å². The molecular weight excluding hydrogens is 192 g/mol. The van der Waals surface area contributed by atoms with Crippen LogP contribution in [0.1, 0.15) is 6.92 Å². The van der Waals surface area contributed by atoms with Gasteiger partial charge in [-0.1, -0.05) is 11.8 Å². The summed E-state index contributed by atoms with van der Waals surface area (Å²) in [6, 6.07) is 0. The van der Waals surface area contributed by atoms with Gasteiger partial charge in [-0.3, -0.25) is 0 Å². The normalized spacial score (nSPS) is 21.5. The Kier molecular flexibility index (Phi) is 2.15. The Bertz CT molecular complexity index is 293. The highest BCUT2D eigenvalue weighted by atomic mass is 35.5. The van der Waals surface area contributed by atoms with Crippen LogP contribution in [0.2, 0.25) is 0 Å². The van der Waals surface area contributed by atoms with Crippen LogP contribution in [0, 0.1) is 0 Å². The van der Waals surface area contributed by atoms with E-state index in [1.54, 1.807) is 11.8 Å². The van der Waals surface area contributed by atoms with Crippen LogP contribution in [0.5, 0.6) is 0 Å². The SMILES string of the molecule is CC1=CN2CC=C(CCl)N=C2S1. The van der Waals surface area contributed by atoms with Crippen molar-refractivity contribution in [1.82, 2.24) is 4.90 Å². The summed E-state index contributed by atoms with van der Waals surface area (Å²) in [7, 11) is 0. The predicted octanol–water partition coefficient (Wildman–Crippen LogP) is 2.39. The van der Waals surface area contributed by atoms with Gasteiger partial charge in [0, 0.05) is 17.6 Å². The first-order valence-corrected chi connectivity index (χ1v) is 5.11. The molecule has 2 heterocycles. The Balaban J connectivity index is 2.20. The number of amidine groups is 1. The first kappa shape index (κ1) is 8.20. The number of rotatable bonds is 1. The first-order valence-electron chi connectivity index (χ1n) is 3.76. The van der Waals surface area contributed by atoms with E-state index in [0.29, 0.717) is 5.88 Å². The second-order valence-corrected chi connectivity index (χ2v) is 4.20. The van der Waals surface area contributed by atoms with Gasteiger partial charge >= 0.3 is 0 Å². The molecule has 0 spiro atoms. The second-order valence-electron chi connectivity index (χ2n) is 2.72. The van der Waals surface area contributed by atoms with Gasteiger partial charge in [-0.25, -0.2) is 4.99 Å². The zero-order chi connectivity index (χ0) is 8.55. The zero-order valence-electron chi connectivity index (χ0n) is 6.75. The Labute approximate surface area is 81.0 Å². The number of alkyl halides is 1. The van der Waals surface area contributed by atoms with Crippen LogP contribution in [0.15, 0.2) is 27.9 Å². The zero-order valence-corrected chi connectivity index (χ0v) is 8.32. The third-order valence-corrected chi connectivity index (χ3v) is 2.94. The molecular formula is C8H9ClN2S. The van der Waals surface area contributed by atoms with E-state index < -0.39 is 0 Å². The maximum atomic E-state index is 5.69. The number of hydrogen-bond donors (Lipinski definition) is 0. The summed E-state index contributed by atoms with van der Waals surface area (Å²) in [4.78, 5) is 7.82. The molecule has 0 unspecified atom stereocenters. The lowest BCUT2D eigenvalue weighted by Crippen LogP contribution is -2.23. The topological polar surface area (TPSA) is 15.6 Å². The van der Waals surface area contributed by atoms with Crippen molar-refractivity contribution in [2.75, 3.05) is 12.4 Å². The average molecular weight is 201 g/mol. The Morgan fingerprint density at radius 2 is 2.58 bits per heavy atom. The molecule has 0 fully saturated rings. The van der Waals surface area contributed by atoms with Crippen LogP contribution in [-0.2, 0) is 0 Å². The molecule has 64 valence electrons. The summed E-state index contributed by atoms with van der Waals surface area (Å²) in [6.07, 6.45) is 4.18. The number of fused-ring (bicyclic) bond motifs is 1. The van der Waals surface area contributed by atoms with Gasteiger partial charge in [0.05, 0.1) is 11.6 Å². The molecule has 0 amide bonds. The van der Waals surface area contributed by atoms with Crippen molar-refractivity contribution < 1.29 is 0 Å². The number of allylic oxidation sites excluding steroid dienone is 2. The van der Waals surface area contributed by atoms with Gasteiger partial charge < -0.3 is 4.90 Å². The summed E-state index contributed by atoms with van der Waals surface area (Å²) < 4.78 is 0. The summed E-state index contributed by atoms with van der Waals surface area (Å²) >= 11 is 7.39. The van der Waals surface area contributed by atoms with E-state index in [4.69, 9.17) is 11.6 Å². The first-order chi connectivity index (χ1) is 5.79. The molecule has 2 aliphatic heterocycles. The number of thioether (sulfide) groups is 1. The molecule has 0 aromatic rings. The van der Waals surface area contributed by atoms with Crippen molar-refractivity contribution in [3.8, 4) is 0 Å². The van der Waals surface area contributed by atoms with Crippen LogP contribution in [0.3, 0.4) is 0 Å². The van der Waals surface area contributed by atoms with Crippen molar-refractivity contribution >= 4 is 28.5 Å². The van der Waals surface area contributed by atoms with Crippen molar-refractivity contribution in [2.24, 2.45) is 4.99 Å². The monoisotopic (exact) mass is 200 g/mol. The molecule has 0 aromatic carbocycles. The van der Waals surface area contributed by atoms with Gasteiger partial charge in [0.2, 0.25) is 0 Å². The molecule has 2 nitrogen and oxygen atoms in total. The Morgan fingerprint density at radius 3 is 3.33 bits per heavy atom. The average Bonchev–Trinajstić information content (AvgIpc) is 2.43. The molecule has 2 aliphatic rings. The van der Waals surface area contributed by atoms with Crippen LogP contribution in [0.4, 0.5) is 0 Å². The van der Waals surface area contributed by atoms with E-state index >= 15 is 0 Å². The van der Waals surface area contributed by atoms with Gasteiger partial charge in [-0.15, -0.1) is 11.6 Å². The summed E-state index contributed by atoms with van der Waals surface area (Å²) in [5, 5.41) is 1.06. The molecule has 4 heteroatoms. The van der Waals surface area contributed by atoms with Gasteiger partial charge in [0.15, 0.2) is 5.17 Å². The fourth-order valence-electron chi connectivity index (χ4n) is 1.18. The summed E-state index contributed by atoms with van der Waals surface area (Å²) in [6.45, 7) is 3.00. The Morgan fingerprint density at radius 1 is 1.75 bits per heavy atom. The van der Waals surface area contributed by atoms with E-state index in [-0.39, 0.29) is 0 Å². The fraction of sp³-hybridized carbons (Fsp3) is 0.375. The molecule has 12 heavy (non-hydrogen) atoms. The molecule has 0 saturated carbocycles. The quantitative estimate of drug-likeness (QED) is 0.604. The lowest BCUT2D eigenvalue weighted by atomic mass is 10.4. The molecule has 0 aromatic heterocycles. The third kappa shape index (κ3) is 1.39. The molecule has 0 radical (unpaired) electrons. The van der Waals surface area contributed by atoms with Gasteiger partial charge in [0.25, 0.3) is 0 Å². The minimum atomic E-state index is 0.511. The standard InChI is InChI=1S/C8H9ClN2S/c1-6-5-11-3-2-7(4-9)10-8(11)12-6/h2,5H,3-4H2,1H3. The maximum absolute atomic E-state index is 5.69. The maximum Gasteiger partial charge on any atom is 0.173 e. The van der Waals surface area contributed by atoms with Crippen LogP contribution in [-0.4, -0.2) is 22.5 Å². The molecule has 0 N–H and O–H groups in total. The van der Waals surface area contributed by atoms with E-state index in [1.165, 1.54) is 4.91 Å². The van der Waals surface area contributed by atoms with Crippen molar-refractivity contribution in [2.45, 2.75) is 6.92 Å². The van der Waals surface area contributed by atoms with Crippen LogP contribution < -0.4 is 0 Å². The minimum absolute atomic E-state index is 0.511. The van der Waals surface area contributed by atoms with Crippen LogP contribution in [0.25, 0.3) is 0 Å². The number of halogens is 1. The summed E-state index contributed by atoms with van der Waals surface area (Å²) in [5.41, 5.74) is 0.985.